The molecule has 1 rings (SSSR count). The Morgan fingerprint density at radius 2 is 2.21 bits per heavy atom. The molecule has 82 valence electrons. The summed E-state index contributed by atoms with van der Waals surface area (Å²) in [5.74, 6) is 0.693. The van der Waals surface area contributed by atoms with Crippen LogP contribution < -0.4 is 0 Å². The van der Waals surface area contributed by atoms with Crippen molar-refractivity contribution in [1.29, 1.82) is 0 Å². The Bertz CT molecular complexity index is 216. The first-order valence-electron chi connectivity index (χ1n) is 4.47. The molecular weight excluding hydrogens is 223 g/mol. The van der Waals surface area contributed by atoms with Gasteiger partial charge in [-0.25, -0.2) is 0 Å². The van der Waals surface area contributed by atoms with Crippen molar-refractivity contribution in [3.8, 4) is 0 Å². The molecule has 0 radical (unpaired) electrons. The smallest absolute Gasteiger partial charge is 0.357 e. The largest absolute Gasteiger partial charge is 0.694 e. The summed E-state index contributed by atoms with van der Waals surface area (Å²) >= 11 is 1.63. The zero-order chi connectivity index (χ0) is 10.8. The molecule has 0 aromatic rings. The van der Waals surface area contributed by atoms with E-state index in [4.69, 9.17) is 9.63 Å². The molecule has 14 heavy (non-hydrogen) atoms. The minimum Gasteiger partial charge on any atom is -0.357 e. The molecule has 1 aliphatic heterocycles. The van der Waals surface area contributed by atoms with Crippen LogP contribution in [0.4, 0.5) is 0 Å². The average molecular weight is 239 g/mol. The van der Waals surface area contributed by atoms with Crippen LogP contribution in [0.2, 0.25) is 0 Å². The van der Waals surface area contributed by atoms with Crippen LogP contribution in [0.5, 0.6) is 0 Å². The molecule has 4 nitrogen and oxygen atoms in total. The molecule has 1 aliphatic rings. The highest BCUT2D eigenvalue weighted by Gasteiger charge is 2.47. The maximum absolute atomic E-state index is 10.2. The van der Waals surface area contributed by atoms with Gasteiger partial charge in [-0.2, -0.15) is 0 Å². The second-order valence-electron chi connectivity index (χ2n) is 4.23. The van der Waals surface area contributed by atoms with Crippen molar-refractivity contribution in [3.05, 3.63) is 0 Å². The van der Waals surface area contributed by atoms with E-state index in [1.807, 2.05) is 0 Å². The first-order chi connectivity index (χ1) is 6.41. The topological polar surface area (TPSA) is 59.1 Å². The van der Waals surface area contributed by atoms with E-state index < -0.39 is 8.25 Å². The fourth-order valence-corrected chi connectivity index (χ4v) is 2.68. The third kappa shape index (κ3) is 4.24. The fourth-order valence-electron chi connectivity index (χ4n) is 1.12. The van der Waals surface area contributed by atoms with Crippen molar-refractivity contribution in [2.24, 2.45) is 5.41 Å². The molecule has 0 amide bonds. The van der Waals surface area contributed by atoms with Gasteiger partial charge in [-0.05, 0) is 5.41 Å². The van der Waals surface area contributed by atoms with Crippen molar-refractivity contribution in [3.63, 3.8) is 0 Å². The SMILES string of the molecule is CC(C)(C)C1OC1SCCO[P+](=O)O. The van der Waals surface area contributed by atoms with Gasteiger partial charge in [-0.3, -0.25) is 0 Å². The summed E-state index contributed by atoms with van der Waals surface area (Å²) in [5, 5.41) is 0. The van der Waals surface area contributed by atoms with Crippen LogP contribution in [0.3, 0.4) is 0 Å². The Balaban J connectivity index is 2.04. The first-order valence-corrected chi connectivity index (χ1v) is 6.65. The van der Waals surface area contributed by atoms with Crippen LogP contribution in [0.25, 0.3) is 0 Å². The summed E-state index contributed by atoms with van der Waals surface area (Å²) in [7, 11) is -2.45. The Morgan fingerprint density at radius 3 is 2.64 bits per heavy atom. The number of epoxide rings is 1. The minimum absolute atomic E-state index is 0.181. The Kier molecular flexibility index (Phi) is 4.34. The predicted octanol–water partition coefficient (Wildman–Crippen LogP) is 2.16. The number of thioether (sulfide) groups is 1. The highest BCUT2D eigenvalue weighted by Crippen LogP contribution is 2.43. The second kappa shape index (κ2) is 4.90. The molecular formula is C8H16O4PS+. The van der Waals surface area contributed by atoms with Crippen LogP contribution in [-0.4, -0.2) is 28.8 Å². The molecule has 1 heterocycles. The number of hydrogen-bond acceptors (Lipinski definition) is 4. The van der Waals surface area contributed by atoms with E-state index in [-0.39, 0.29) is 10.9 Å². The van der Waals surface area contributed by atoms with Gasteiger partial charge in [0, 0.05) is 10.3 Å². The van der Waals surface area contributed by atoms with Crippen LogP contribution in [0.1, 0.15) is 20.8 Å². The van der Waals surface area contributed by atoms with E-state index in [2.05, 4.69) is 25.3 Å². The summed E-state index contributed by atoms with van der Waals surface area (Å²) in [6.45, 7) is 6.71. The highest BCUT2D eigenvalue weighted by atomic mass is 32.2. The monoisotopic (exact) mass is 239 g/mol. The minimum atomic E-state index is -2.45. The predicted molar refractivity (Wildman–Crippen MR) is 56.4 cm³/mol. The lowest BCUT2D eigenvalue weighted by molar-refractivity contribution is 0.265. The molecule has 0 bridgehead atoms. The lowest BCUT2D eigenvalue weighted by atomic mass is 9.93. The zero-order valence-corrected chi connectivity index (χ0v) is 10.3. The fraction of sp³-hybridized carbons (Fsp3) is 1.00. The maximum atomic E-state index is 10.2. The van der Waals surface area contributed by atoms with Gasteiger partial charge in [-0.15, -0.1) is 21.2 Å². The van der Waals surface area contributed by atoms with Gasteiger partial charge < -0.3 is 4.74 Å². The van der Waals surface area contributed by atoms with Gasteiger partial charge in [0.2, 0.25) is 0 Å². The van der Waals surface area contributed by atoms with Crippen molar-refractivity contribution >= 4 is 20.0 Å². The third-order valence-electron chi connectivity index (χ3n) is 1.87. The lowest BCUT2D eigenvalue weighted by Crippen LogP contribution is -2.15. The van der Waals surface area contributed by atoms with Gasteiger partial charge in [-0.1, -0.05) is 20.8 Å². The summed E-state index contributed by atoms with van der Waals surface area (Å²) in [4.78, 5) is 8.36. The molecule has 3 unspecified atom stereocenters. The quantitative estimate of drug-likeness (QED) is 0.452. The second-order valence-corrected chi connectivity index (χ2v) is 6.17. The summed E-state index contributed by atoms with van der Waals surface area (Å²) in [6, 6.07) is 0. The van der Waals surface area contributed by atoms with Crippen LogP contribution in [0, 0.1) is 5.41 Å². The van der Waals surface area contributed by atoms with E-state index in [9.17, 15) is 4.57 Å². The molecule has 0 aromatic carbocycles. The van der Waals surface area contributed by atoms with Crippen LogP contribution in [0.15, 0.2) is 0 Å². The van der Waals surface area contributed by atoms with Gasteiger partial charge in [0.15, 0.2) is 0 Å². The molecule has 0 spiro atoms. The molecule has 0 aromatic heterocycles. The zero-order valence-electron chi connectivity index (χ0n) is 8.60. The number of ether oxygens (including phenoxy) is 1. The number of rotatable bonds is 5. The van der Waals surface area contributed by atoms with Gasteiger partial charge in [0.1, 0.15) is 12.0 Å². The van der Waals surface area contributed by atoms with Gasteiger partial charge in [0.25, 0.3) is 0 Å². The first kappa shape index (κ1) is 12.4. The number of hydrogen-bond donors (Lipinski definition) is 1. The summed E-state index contributed by atoms with van der Waals surface area (Å²) < 4.78 is 20.2. The average Bonchev–Trinajstić information content (AvgIpc) is 2.75. The van der Waals surface area contributed by atoms with E-state index in [1.54, 1.807) is 11.8 Å². The Hall–Kier alpha value is 0.330. The van der Waals surface area contributed by atoms with Crippen molar-refractivity contribution < 1.29 is 18.7 Å². The van der Waals surface area contributed by atoms with Gasteiger partial charge in [0.05, 0.1) is 6.10 Å². The molecule has 1 saturated heterocycles. The summed E-state index contributed by atoms with van der Waals surface area (Å²) in [6.07, 6.45) is 0.301. The van der Waals surface area contributed by atoms with Crippen LogP contribution in [-0.2, 0) is 13.8 Å². The standard InChI is InChI=1S/C8H15O4PS/c1-8(2,3)6-7(12-6)14-5-4-11-13(9)10/h6-7H,4-5H2,1-3H3/p+1. The van der Waals surface area contributed by atoms with E-state index in [0.29, 0.717) is 18.5 Å². The molecule has 0 aliphatic carbocycles. The molecule has 0 saturated carbocycles. The molecule has 6 heteroatoms. The van der Waals surface area contributed by atoms with Crippen molar-refractivity contribution in [1.82, 2.24) is 0 Å². The van der Waals surface area contributed by atoms with E-state index in [0.717, 1.165) is 0 Å². The molecule has 3 atom stereocenters. The molecule has 1 N–H and O–H groups in total. The maximum Gasteiger partial charge on any atom is 0.694 e. The van der Waals surface area contributed by atoms with Crippen molar-refractivity contribution in [2.75, 3.05) is 12.4 Å². The van der Waals surface area contributed by atoms with E-state index >= 15 is 0 Å². The lowest BCUT2D eigenvalue weighted by Gasteiger charge is -2.13. The molecule has 1 fully saturated rings. The van der Waals surface area contributed by atoms with Crippen LogP contribution >= 0.6 is 20.0 Å². The summed E-state index contributed by atoms with van der Waals surface area (Å²) in [5.41, 5.74) is 0.413. The Labute approximate surface area is 89.3 Å². The third-order valence-corrected chi connectivity index (χ3v) is 3.36. The Morgan fingerprint density at radius 1 is 1.57 bits per heavy atom. The van der Waals surface area contributed by atoms with Crippen molar-refractivity contribution in [2.45, 2.75) is 32.3 Å². The normalized spacial score (nSPS) is 27.6. The van der Waals surface area contributed by atoms with Gasteiger partial charge >= 0.3 is 8.25 Å². The van der Waals surface area contributed by atoms with E-state index in [1.165, 1.54) is 0 Å². The highest BCUT2D eigenvalue weighted by molar-refractivity contribution is 8.00.